The van der Waals surface area contributed by atoms with Crippen molar-refractivity contribution in [2.24, 2.45) is 5.92 Å². The number of carbonyl (C=O) groups excluding carboxylic acids is 1. The Bertz CT molecular complexity index is 1490. The number of carboxylic acids is 1. The second kappa shape index (κ2) is 10.3. The Morgan fingerprint density at radius 3 is 2.50 bits per heavy atom. The number of methoxy groups -OCH3 is 1. The standard InChI is InChI=1S/C28H29ClFN3O5/c1-15-11-18(29)4-3-17(15)13-31-27(35)21-14-33(19-5-6-19)23-20(25(21)34)12-22(30)24(26(23)38-2)32-9-7-16(8-10-32)28(36)37/h3-4,11-12,14,16,19H,5-10,13H2,1-2H3,(H,31,35)(H,36,37). The van der Waals surface area contributed by atoms with Crippen molar-refractivity contribution in [3.8, 4) is 5.75 Å². The predicted molar refractivity (Wildman–Crippen MR) is 143 cm³/mol. The van der Waals surface area contributed by atoms with E-state index in [0.29, 0.717) is 36.5 Å². The molecule has 2 aliphatic rings. The number of halogens is 2. The van der Waals surface area contributed by atoms with Crippen LogP contribution in [0, 0.1) is 18.7 Å². The summed E-state index contributed by atoms with van der Waals surface area (Å²) < 4.78 is 23.2. The monoisotopic (exact) mass is 541 g/mol. The van der Waals surface area contributed by atoms with Gasteiger partial charge in [0.25, 0.3) is 5.91 Å². The fraction of sp³-hybridized carbons (Fsp3) is 0.393. The second-order valence-electron chi connectivity index (χ2n) is 10.00. The van der Waals surface area contributed by atoms with Crippen molar-refractivity contribution in [3.63, 3.8) is 0 Å². The molecule has 0 unspecified atom stereocenters. The van der Waals surface area contributed by atoms with Crippen LogP contribution in [0.15, 0.2) is 35.3 Å². The van der Waals surface area contributed by atoms with Gasteiger partial charge in [-0.1, -0.05) is 17.7 Å². The fourth-order valence-corrected chi connectivity index (χ4v) is 5.44. The van der Waals surface area contributed by atoms with E-state index in [4.69, 9.17) is 16.3 Å². The van der Waals surface area contributed by atoms with Crippen LogP contribution in [0.1, 0.15) is 53.2 Å². The van der Waals surface area contributed by atoms with Crippen LogP contribution < -0.4 is 20.4 Å². The van der Waals surface area contributed by atoms with Crippen LogP contribution >= 0.6 is 11.6 Å². The van der Waals surface area contributed by atoms with E-state index in [9.17, 15) is 19.5 Å². The zero-order chi connectivity index (χ0) is 27.1. The summed E-state index contributed by atoms with van der Waals surface area (Å²) in [4.78, 5) is 39.8. The van der Waals surface area contributed by atoms with Gasteiger partial charge in [0, 0.05) is 36.9 Å². The highest BCUT2D eigenvalue weighted by Crippen LogP contribution is 2.44. The first kappa shape index (κ1) is 26.0. The number of aromatic nitrogens is 1. The molecular formula is C28H29ClFN3O5. The fourth-order valence-electron chi connectivity index (χ4n) is 5.21. The Hall–Kier alpha value is -3.59. The molecule has 2 heterocycles. The van der Waals surface area contributed by atoms with Gasteiger partial charge in [0.1, 0.15) is 11.3 Å². The van der Waals surface area contributed by atoms with E-state index in [0.717, 1.165) is 24.0 Å². The highest BCUT2D eigenvalue weighted by molar-refractivity contribution is 6.30. The summed E-state index contributed by atoms with van der Waals surface area (Å²) in [5, 5.41) is 12.8. The molecule has 1 aliphatic heterocycles. The van der Waals surface area contributed by atoms with Crippen LogP contribution in [0.4, 0.5) is 10.1 Å². The van der Waals surface area contributed by atoms with Crippen molar-refractivity contribution in [1.82, 2.24) is 9.88 Å². The van der Waals surface area contributed by atoms with E-state index < -0.39 is 29.0 Å². The van der Waals surface area contributed by atoms with Crippen molar-refractivity contribution in [3.05, 3.63) is 68.2 Å². The molecule has 0 bridgehead atoms. The van der Waals surface area contributed by atoms with Crippen LogP contribution in [-0.4, -0.2) is 41.7 Å². The maximum absolute atomic E-state index is 15.6. The van der Waals surface area contributed by atoms with E-state index in [1.165, 1.54) is 13.2 Å². The topological polar surface area (TPSA) is 101 Å². The smallest absolute Gasteiger partial charge is 0.306 e. The zero-order valence-electron chi connectivity index (χ0n) is 21.2. The third-order valence-electron chi connectivity index (χ3n) is 7.49. The number of pyridine rings is 1. The first-order valence-corrected chi connectivity index (χ1v) is 13.0. The number of ether oxygens (including phenoxy) is 1. The molecule has 1 aromatic heterocycles. The van der Waals surface area contributed by atoms with E-state index in [1.807, 2.05) is 17.6 Å². The molecule has 3 aromatic rings. The molecule has 1 aliphatic carbocycles. The minimum absolute atomic E-state index is 0.0625. The van der Waals surface area contributed by atoms with Gasteiger partial charge in [-0.3, -0.25) is 14.4 Å². The van der Waals surface area contributed by atoms with E-state index >= 15 is 4.39 Å². The number of rotatable bonds is 7. The number of amides is 1. The summed E-state index contributed by atoms with van der Waals surface area (Å²) in [6.45, 7) is 2.81. The molecule has 1 saturated heterocycles. The zero-order valence-corrected chi connectivity index (χ0v) is 22.0. The number of aliphatic carboxylic acids is 1. The number of nitrogens with one attached hydrogen (secondary N) is 1. The van der Waals surface area contributed by atoms with E-state index in [-0.39, 0.29) is 35.0 Å². The normalized spacial score (nSPS) is 16.1. The Balaban J connectivity index is 1.54. The van der Waals surface area contributed by atoms with Crippen molar-refractivity contribution < 1.29 is 23.8 Å². The molecule has 10 heteroatoms. The summed E-state index contributed by atoms with van der Waals surface area (Å²) in [7, 11) is 1.43. The lowest BCUT2D eigenvalue weighted by atomic mass is 9.96. The maximum Gasteiger partial charge on any atom is 0.306 e. The molecule has 0 atom stereocenters. The highest BCUT2D eigenvalue weighted by atomic mass is 35.5. The molecule has 2 fully saturated rings. The maximum atomic E-state index is 15.6. The molecule has 5 rings (SSSR count). The van der Waals surface area contributed by atoms with Crippen LogP contribution in [0.5, 0.6) is 5.75 Å². The molecule has 1 saturated carbocycles. The van der Waals surface area contributed by atoms with Crippen molar-refractivity contribution in [2.45, 2.75) is 45.2 Å². The van der Waals surface area contributed by atoms with Gasteiger partial charge in [0.2, 0.25) is 5.43 Å². The van der Waals surface area contributed by atoms with Gasteiger partial charge in [0.15, 0.2) is 11.6 Å². The lowest BCUT2D eigenvalue weighted by Crippen LogP contribution is -2.37. The largest absolute Gasteiger partial charge is 0.492 e. The van der Waals surface area contributed by atoms with Gasteiger partial charge < -0.3 is 24.6 Å². The molecular weight excluding hydrogens is 513 g/mol. The number of carbonyl (C=O) groups is 2. The number of anilines is 1. The third-order valence-corrected chi connectivity index (χ3v) is 7.73. The minimum Gasteiger partial charge on any atom is -0.492 e. The van der Waals surface area contributed by atoms with Crippen molar-refractivity contribution >= 4 is 40.1 Å². The second-order valence-corrected chi connectivity index (χ2v) is 10.4. The number of nitrogens with zero attached hydrogens (tertiary/aromatic N) is 2. The number of benzene rings is 2. The average molecular weight is 542 g/mol. The third kappa shape index (κ3) is 4.82. The number of hydrogen-bond donors (Lipinski definition) is 2. The van der Waals surface area contributed by atoms with Gasteiger partial charge in [-0.15, -0.1) is 0 Å². The number of piperidine rings is 1. The number of hydrogen-bond acceptors (Lipinski definition) is 5. The summed E-state index contributed by atoms with van der Waals surface area (Å²) in [5.74, 6) is -2.28. The molecule has 8 nitrogen and oxygen atoms in total. The first-order valence-electron chi connectivity index (χ1n) is 12.7. The van der Waals surface area contributed by atoms with Crippen molar-refractivity contribution in [1.29, 1.82) is 0 Å². The molecule has 0 radical (unpaired) electrons. The van der Waals surface area contributed by atoms with Crippen LogP contribution in [0.3, 0.4) is 0 Å². The quantitative estimate of drug-likeness (QED) is 0.450. The van der Waals surface area contributed by atoms with Gasteiger partial charge in [-0.05, 0) is 61.9 Å². The molecule has 2 N–H and O–H groups in total. The van der Waals surface area contributed by atoms with Gasteiger partial charge in [-0.25, -0.2) is 4.39 Å². The summed E-state index contributed by atoms with van der Waals surface area (Å²) in [6.07, 6.45) is 4.05. The molecule has 200 valence electrons. The minimum atomic E-state index is -0.852. The molecule has 1 amide bonds. The van der Waals surface area contributed by atoms with Crippen molar-refractivity contribution in [2.75, 3.05) is 25.1 Å². The summed E-state index contributed by atoms with van der Waals surface area (Å²) >= 11 is 6.02. The first-order chi connectivity index (χ1) is 18.2. The van der Waals surface area contributed by atoms with Crippen LogP contribution in [-0.2, 0) is 11.3 Å². The Morgan fingerprint density at radius 2 is 1.89 bits per heavy atom. The lowest BCUT2D eigenvalue weighted by molar-refractivity contribution is -0.142. The van der Waals surface area contributed by atoms with Crippen LogP contribution in [0.2, 0.25) is 5.02 Å². The van der Waals surface area contributed by atoms with E-state index in [1.54, 1.807) is 23.2 Å². The summed E-state index contributed by atoms with van der Waals surface area (Å²) in [5.41, 5.74) is 1.81. The van der Waals surface area contributed by atoms with Crippen LogP contribution in [0.25, 0.3) is 10.9 Å². The molecule has 38 heavy (non-hydrogen) atoms. The number of fused-ring (bicyclic) bond motifs is 1. The highest BCUT2D eigenvalue weighted by Gasteiger charge is 2.33. The van der Waals surface area contributed by atoms with Gasteiger partial charge >= 0.3 is 5.97 Å². The number of aryl methyl sites for hydroxylation is 1. The predicted octanol–water partition coefficient (Wildman–Crippen LogP) is 4.68. The molecule has 0 spiro atoms. The Kier molecular flexibility index (Phi) is 7.05. The Morgan fingerprint density at radius 1 is 1.18 bits per heavy atom. The lowest BCUT2D eigenvalue weighted by Gasteiger charge is -2.33. The van der Waals surface area contributed by atoms with Gasteiger partial charge in [0.05, 0.1) is 23.9 Å². The number of carboxylic acid groups (broad SMARTS) is 1. The molecule has 2 aromatic carbocycles. The van der Waals surface area contributed by atoms with E-state index in [2.05, 4.69) is 5.32 Å². The summed E-state index contributed by atoms with van der Waals surface area (Å²) in [6, 6.07) is 6.60. The van der Waals surface area contributed by atoms with Gasteiger partial charge in [-0.2, -0.15) is 0 Å². The SMILES string of the molecule is COc1c(N2CCC(C(=O)O)CC2)c(F)cc2c(=O)c(C(=O)NCc3ccc(Cl)cc3C)cn(C3CC3)c12. The Labute approximate surface area is 224 Å². The average Bonchev–Trinajstić information content (AvgIpc) is 3.73.